The van der Waals surface area contributed by atoms with Crippen LogP contribution in [0.5, 0.6) is 0 Å². The highest BCUT2D eigenvalue weighted by Crippen LogP contribution is 2.26. The molecule has 1 fully saturated rings. The number of halogens is 1. The summed E-state index contributed by atoms with van der Waals surface area (Å²) >= 11 is 3.46. The van der Waals surface area contributed by atoms with Crippen molar-refractivity contribution in [3.63, 3.8) is 0 Å². The van der Waals surface area contributed by atoms with Gasteiger partial charge in [-0.05, 0) is 63.8 Å². The van der Waals surface area contributed by atoms with E-state index in [1.54, 1.807) is 0 Å². The lowest BCUT2D eigenvalue weighted by atomic mass is 9.96. The number of amides is 1. The summed E-state index contributed by atoms with van der Waals surface area (Å²) in [5, 5.41) is 0. The maximum Gasteiger partial charge on any atom is 0.254 e. The van der Waals surface area contributed by atoms with Gasteiger partial charge in [-0.15, -0.1) is 0 Å². The number of likely N-dealkylation sites (tertiary alicyclic amines) is 1. The summed E-state index contributed by atoms with van der Waals surface area (Å²) in [6.07, 6.45) is 3.45. The Hall–Kier alpha value is -0.830. The Balaban J connectivity index is 2.29. The molecule has 2 rings (SSSR count). The molecule has 0 radical (unpaired) electrons. The van der Waals surface area contributed by atoms with Crippen molar-refractivity contribution in [3.8, 4) is 0 Å². The molecule has 1 aromatic carbocycles. The quantitative estimate of drug-likeness (QED) is 0.762. The molecule has 0 saturated carbocycles. The molecule has 18 heavy (non-hydrogen) atoms. The normalized spacial score (nSPS) is 24.1. The fourth-order valence-electron chi connectivity index (χ4n) is 2.83. The maximum absolute atomic E-state index is 12.6. The fourth-order valence-corrected chi connectivity index (χ4v) is 3.44. The number of carbonyl (C=O) groups is 1. The average Bonchev–Trinajstić information content (AvgIpc) is 2.27. The van der Waals surface area contributed by atoms with Crippen LogP contribution in [0.15, 0.2) is 22.7 Å². The molecule has 0 aromatic heterocycles. The van der Waals surface area contributed by atoms with Crippen LogP contribution in [0, 0.1) is 6.92 Å². The van der Waals surface area contributed by atoms with Gasteiger partial charge in [0.25, 0.3) is 5.91 Å². The van der Waals surface area contributed by atoms with Crippen molar-refractivity contribution in [1.29, 1.82) is 0 Å². The summed E-state index contributed by atoms with van der Waals surface area (Å²) in [7, 11) is 0. The summed E-state index contributed by atoms with van der Waals surface area (Å²) < 4.78 is 0.975. The first-order valence-corrected chi connectivity index (χ1v) is 7.38. The van der Waals surface area contributed by atoms with E-state index in [0.29, 0.717) is 12.1 Å². The van der Waals surface area contributed by atoms with Crippen molar-refractivity contribution >= 4 is 21.8 Å². The van der Waals surface area contributed by atoms with Gasteiger partial charge in [0.05, 0.1) is 0 Å². The molecule has 1 aromatic rings. The van der Waals surface area contributed by atoms with Crippen LogP contribution in [0.1, 0.15) is 49.0 Å². The molecule has 0 unspecified atom stereocenters. The number of piperidine rings is 1. The Morgan fingerprint density at radius 1 is 1.22 bits per heavy atom. The van der Waals surface area contributed by atoms with Crippen LogP contribution in [0.3, 0.4) is 0 Å². The molecule has 0 N–H and O–H groups in total. The molecule has 3 heteroatoms. The van der Waals surface area contributed by atoms with E-state index in [2.05, 4.69) is 29.8 Å². The van der Waals surface area contributed by atoms with E-state index >= 15 is 0 Å². The number of aryl methyl sites for hydroxylation is 1. The van der Waals surface area contributed by atoms with Gasteiger partial charge in [0, 0.05) is 22.1 Å². The van der Waals surface area contributed by atoms with Crippen molar-refractivity contribution in [2.75, 3.05) is 0 Å². The predicted molar refractivity (Wildman–Crippen MR) is 77.8 cm³/mol. The summed E-state index contributed by atoms with van der Waals surface area (Å²) in [4.78, 5) is 14.7. The minimum atomic E-state index is 0.166. The maximum atomic E-state index is 12.6. The molecule has 2 atom stereocenters. The molecule has 0 aliphatic carbocycles. The summed E-state index contributed by atoms with van der Waals surface area (Å²) in [6, 6.07) is 6.62. The zero-order valence-corrected chi connectivity index (χ0v) is 12.8. The van der Waals surface area contributed by atoms with Crippen molar-refractivity contribution in [2.45, 2.75) is 52.1 Å². The lowest BCUT2D eigenvalue weighted by molar-refractivity contribution is 0.0510. The van der Waals surface area contributed by atoms with E-state index in [1.165, 1.54) is 6.42 Å². The second-order valence-electron chi connectivity index (χ2n) is 5.36. The number of hydrogen-bond donors (Lipinski definition) is 0. The molecule has 98 valence electrons. The van der Waals surface area contributed by atoms with Gasteiger partial charge < -0.3 is 4.90 Å². The lowest BCUT2D eigenvalue weighted by Gasteiger charge is -2.39. The molecular formula is C15H20BrNO. The average molecular weight is 310 g/mol. The third-order valence-electron chi connectivity index (χ3n) is 3.72. The number of benzene rings is 1. The molecule has 1 aliphatic rings. The Bertz CT molecular complexity index is 428. The third-order valence-corrected chi connectivity index (χ3v) is 4.17. The SMILES string of the molecule is Cc1cc(Br)cc(C(=O)N2[C@H](C)CCC[C@@H]2C)c1. The molecule has 0 spiro atoms. The van der Waals surface area contributed by atoms with Crippen LogP contribution >= 0.6 is 15.9 Å². The van der Waals surface area contributed by atoms with E-state index in [1.807, 2.05) is 30.0 Å². The Labute approximate surface area is 117 Å². The second-order valence-corrected chi connectivity index (χ2v) is 6.27. The van der Waals surface area contributed by atoms with Crippen LogP contribution in [-0.2, 0) is 0 Å². The standard InChI is InChI=1S/C15H20BrNO/c1-10-7-13(9-14(16)8-10)15(18)17-11(2)5-4-6-12(17)3/h7-9,11-12H,4-6H2,1-3H3/t11-,12+. The van der Waals surface area contributed by atoms with E-state index in [9.17, 15) is 4.79 Å². The highest BCUT2D eigenvalue weighted by atomic mass is 79.9. The molecule has 0 bridgehead atoms. The van der Waals surface area contributed by atoms with Gasteiger partial charge >= 0.3 is 0 Å². The van der Waals surface area contributed by atoms with Crippen LogP contribution in [-0.4, -0.2) is 22.9 Å². The first-order chi connectivity index (χ1) is 8.49. The molecule has 1 saturated heterocycles. The Morgan fingerprint density at radius 3 is 2.39 bits per heavy atom. The number of carbonyl (C=O) groups excluding carboxylic acids is 1. The van der Waals surface area contributed by atoms with Crippen LogP contribution < -0.4 is 0 Å². The first kappa shape index (κ1) is 13.6. The molecule has 1 aliphatic heterocycles. The minimum Gasteiger partial charge on any atom is -0.333 e. The summed E-state index contributed by atoms with van der Waals surface area (Å²) in [6.45, 7) is 6.32. The zero-order valence-electron chi connectivity index (χ0n) is 11.2. The van der Waals surface area contributed by atoms with Gasteiger partial charge in [-0.3, -0.25) is 4.79 Å². The molecule has 2 nitrogen and oxygen atoms in total. The largest absolute Gasteiger partial charge is 0.333 e. The van der Waals surface area contributed by atoms with Gasteiger partial charge in [-0.25, -0.2) is 0 Å². The van der Waals surface area contributed by atoms with Crippen molar-refractivity contribution < 1.29 is 4.79 Å². The van der Waals surface area contributed by atoms with E-state index in [-0.39, 0.29) is 5.91 Å². The molecule has 1 heterocycles. The fraction of sp³-hybridized carbons (Fsp3) is 0.533. The first-order valence-electron chi connectivity index (χ1n) is 6.59. The highest BCUT2D eigenvalue weighted by Gasteiger charge is 2.29. The van der Waals surface area contributed by atoms with Crippen molar-refractivity contribution in [1.82, 2.24) is 4.90 Å². The Kier molecular flexibility index (Phi) is 4.10. The lowest BCUT2D eigenvalue weighted by Crippen LogP contribution is -2.47. The number of rotatable bonds is 1. The number of nitrogens with zero attached hydrogens (tertiary/aromatic N) is 1. The van der Waals surface area contributed by atoms with Gasteiger partial charge in [0.1, 0.15) is 0 Å². The van der Waals surface area contributed by atoms with Gasteiger partial charge in [0.2, 0.25) is 0 Å². The second kappa shape index (κ2) is 5.43. The Morgan fingerprint density at radius 2 is 1.83 bits per heavy atom. The third kappa shape index (κ3) is 2.77. The van der Waals surface area contributed by atoms with Gasteiger partial charge in [0.15, 0.2) is 0 Å². The molecule has 1 amide bonds. The highest BCUT2D eigenvalue weighted by molar-refractivity contribution is 9.10. The number of hydrogen-bond acceptors (Lipinski definition) is 1. The van der Waals surface area contributed by atoms with Crippen LogP contribution in [0.25, 0.3) is 0 Å². The van der Waals surface area contributed by atoms with E-state index < -0.39 is 0 Å². The van der Waals surface area contributed by atoms with Crippen LogP contribution in [0.4, 0.5) is 0 Å². The smallest absolute Gasteiger partial charge is 0.254 e. The summed E-state index contributed by atoms with van der Waals surface area (Å²) in [5.41, 5.74) is 1.91. The summed E-state index contributed by atoms with van der Waals surface area (Å²) in [5.74, 6) is 0.166. The van der Waals surface area contributed by atoms with E-state index in [0.717, 1.165) is 28.4 Å². The monoisotopic (exact) mass is 309 g/mol. The van der Waals surface area contributed by atoms with Gasteiger partial charge in [-0.1, -0.05) is 15.9 Å². The van der Waals surface area contributed by atoms with Gasteiger partial charge in [-0.2, -0.15) is 0 Å². The topological polar surface area (TPSA) is 20.3 Å². The van der Waals surface area contributed by atoms with Crippen molar-refractivity contribution in [3.05, 3.63) is 33.8 Å². The zero-order chi connectivity index (χ0) is 13.3. The minimum absolute atomic E-state index is 0.166. The van der Waals surface area contributed by atoms with Crippen LogP contribution in [0.2, 0.25) is 0 Å². The molecular weight excluding hydrogens is 290 g/mol. The van der Waals surface area contributed by atoms with Crippen molar-refractivity contribution in [2.24, 2.45) is 0 Å². The van der Waals surface area contributed by atoms with E-state index in [4.69, 9.17) is 0 Å². The predicted octanol–water partition coefficient (Wildman–Crippen LogP) is 4.16.